The number of aryl methyl sites for hydroxylation is 3. The Balaban J connectivity index is 1.59. The van der Waals surface area contributed by atoms with Crippen molar-refractivity contribution in [3.63, 3.8) is 0 Å². The average molecular weight is 374 g/mol. The number of hydrogen-bond acceptors (Lipinski definition) is 3. The van der Waals surface area contributed by atoms with Gasteiger partial charge in [0, 0.05) is 30.7 Å². The van der Waals surface area contributed by atoms with E-state index in [-0.39, 0.29) is 12.1 Å². The van der Waals surface area contributed by atoms with Crippen molar-refractivity contribution < 1.29 is 14.7 Å². The maximum Gasteiger partial charge on any atom is 0.296 e. The van der Waals surface area contributed by atoms with Gasteiger partial charge in [0.25, 0.3) is 11.8 Å². The number of amides is 2. The van der Waals surface area contributed by atoms with E-state index in [9.17, 15) is 14.7 Å². The molecule has 1 N–H and O–H groups in total. The van der Waals surface area contributed by atoms with Crippen LogP contribution in [0.5, 0.6) is 0 Å². The lowest BCUT2D eigenvalue weighted by Gasteiger charge is -2.14. The second-order valence-corrected chi connectivity index (χ2v) is 7.32. The van der Waals surface area contributed by atoms with E-state index < -0.39 is 17.6 Å². The molecule has 1 aliphatic rings. The minimum Gasteiger partial charge on any atom is -0.502 e. The van der Waals surface area contributed by atoms with Gasteiger partial charge in [0.05, 0.1) is 5.57 Å². The Morgan fingerprint density at radius 2 is 1.71 bits per heavy atom. The van der Waals surface area contributed by atoms with Crippen molar-refractivity contribution in [2.24, 2.45) is 7.05 Å². The third-order valence-corrected chi connectivity index (χ3v) is 5.52. The molecule has 5 heteroatoms. The first kappa shape index (κ1) is 18.0. The number of hydrogen-bond donors (Lipinski definition) is 1. The molecule has 0 unspecified atom stereocenters. The second kappa shape index (κ2) is 6.68. The molecule has 3 aromatic rings. The molecule has 0 saturated heterocycles. The fraction of sp³-hybridized carbons (Fsp3) is 0.217. The third-order valence-electron chi connectivity index (χ3n) is 5.52. The molecule has 0 aliphatic carbocycles. The molecule has 28 heavy (non-hydrogen) atoms. The fourth-order valence-electron chi connectivity index (χ4n) is 3.78. The van der Waals surface area contributed by atoms with Gasteiger partial charge in [0.1, 0.15) is 0 Å². The SMILES string of the molecule is Cc1ccc(C2=C(O)C(=O)N(CCc3cn(C)c4ccccc34)C2=O)cc1C. The zero-order chi connectivity index (χ0) is 20.0. The van der Waals surface area contributed by atoms with Crippen molar-refractivity contribution in [2.45, 2.75) is 20.3 Å². The van der Waals surface area contributed by atoms with Gasteiger partial charge in [-0.3, -0.25) is 14.5 Å². The van der Waals surface area contributed by atoms with Gasteiger partial charge in [0.15, 0.2) is 5.76 Å². The van der Waals surface area contributed by atoms with Crippen LogP contribution in [0, 0.1) is 13.8 Å². The Kier molecular flexibility index (Phi) is 4.30. The number of para-hydroxylation sites is 1. The Morgan fingerprint density at radius 1 is 0.964 bits per heavy atom. The molecule has 0 spiro atoms. The summed E-state index contributed by atoms with van der Waals surface area (Å²) in [5.74, 6) is -1.53. The van der Waals surface area contributed by atoms with Gasteiger partial charge in [-0.2, -0.15) is 0 Å². The van der Waals surface area contributed by atoms with Crippen molar-refractivity contribution >= 4 is 28.3 Å². The van der Waals surface area contributed by atoms with Gasteiger partial charge in [-0.1, -0.05) is 36.4 Å². The van der Waals surface area contributed by atoms with Gasteiger partial charge in [-0.05, 0) is 48.6 Å². The monoisotopic (exact) mass is 374 g/mol. The molecular weight excluding hydrogens is 352 g/mol. The summed E-state index contributed by atoms with van der Waals surface area (Å²) < 4.78 is 2.04. The highest BCUT2D eigenvalue weighted by Gasteiger charge is 2.39. The number of carbonyl (C=O) groups excluding carboxylic acids is 2. The number of aliphatic hydroxyl groups is 1. The highest BCUT2D eigenvalue weighted by atomic mass is 16.3. The van der Waals surface area contributed by atoms with E-state index in [1.165, 1.54) is 0 Å². The fourth-order valence-corrected chi connectivity index (χ4v) is 3.78. The van der Waals surface area contributed by atoms with E-state index in [0.717, 1.165) is 32.5 Å². The lowest BCUT2D eigenvalue weighted by Crippen LogP contribution is -2.33. The van der Waals surface area contributed by atoms with Crippen molar-refractivity contribution in [3.8, 4) is 0 Å². The summed E-state index contributed by atoms with van der Waals surface area (Å²) in [5.41, 5.74) is 4.93. The number of aromatic nitrogens is 1. The molecular formula is C23H22N2O3. The highest BCUT2D eigenvalue weighted by molar-refractivity contribution is 6.34. The molecule has 2 aromatic carbocycles. The van der Waals surface area contributed by atoms with Crippen LogP contribution in [0.1, 0.15) is 22.3 Å². The van der Waals surface area contributed by atoms with Crippen molar-refractivity contribution in [1.82, 2.24) is 9.47 Å². The van der Waals surface area contributed by atoms with E-state index in [0.29, 0.717) is 12.0 Å². The van der Waals surface area contributed by atoms with Crippen molar-refractivity contribution in [1.29, 1.82) is 0 Å². The molecule has 0 fully saturated rings. The van der Waals surface area contributed by atoms with Crippen LogP contribution in [0.2, 0.25) is 0 Å². The number of aliphatic hydroxyl groups excluding tert-OH is 1. The lowest BCUT2D eigenvalue weighted by atomic mass is 10.00. The van der Waals surface area contributed by atoms with E-state index in [4.69, 9.17) is 0 Å². The zero-order valence-electron chi connectivity index (χ0n) is 16.2. The quantitative estimate of drug-likeness (QED) is 0.709. The summed E-state index contributed by atoms with van der Waals surface area (Å²) in [6, 6.07) is 13.5. The highest BCUT2D eigenvalue weighted by Crippen LogP contribution is 2.30. The normalized spacial score (nSPS) is 14.6. The van der Waals surface area contributed by atoms with Crippen LogP contribution in [-0.4, -0.2) is 32.9 Å². The number of rotatable bonds is 4. The largest absolute Gasteiger partial charge is 0.502 e. The summed E-state index contributed by atoms with van der Waals surface area (Å²) in [6.45, 7) is 4.14. The first-order valence-electron chi connectivity index (χ1n) is 9.28. The van der Waals surface area contributed by atoms with E-state index in [1.807, 2.05) is 68.1 Å². The first-order valence-corrected chi connectivity index (χ1v) is 9.28. The van der Waals surface area contributed by atoms with Crippen molar-refractivity contribution in [3.05, 3.63) is 76.7 Å². The van der Waals surface area contributed by atoms with Crippen LogP contribution >= 0.6 is 0 Å². The molecule has 142 valence electrons. The Bertz CT molecular complexity index is 1150. The predicted octanol–water partition coefficient (Wildman–Crippen LogP) is 3.68. The molecule has 4 rings (SSSR count). The Hall–Kier alpha value is -3.34. The van der Waals surface area contributed by atoms with Gasteiger partial charge < -0.3 is 9.67 Å². The van der Waals surface area contributed by atoms with E-state index in [2.05, 4.69) is 0 Å². The van der Waals surface area contributed by atoms with Gasteiger partial charge in [-0.25, -0.2) is 0 Å². The zero-order valence-corrected chi connectivity index (χ0v) is 16.2. The van der Waals surface area contributed by atoms with Crippen LogP contribution < -0.4 is 0 Å². The minimum atomic E-state index is -0.626. The van der Waals surface area contributed by atoms with Gasteiger partial charge in [0.2, 0.25) is 0 Å². The molecule has 2 heterocycles. The number of fused-ring (bicyclic) bond motifs is 1. The van der Waals surface area contributed by atoms with Crippen LogP contribution in [0.25, 0.3) is 16.5 Å². The molecule has 5 nitrogen and oxygen atoms in total. The maximum absolute atomic E-state index is 12.9. The van der Waals surface area contributed by atoms with Gasteiger partial charge >= 0.3 is 0 Å². The lowest BCUT2D eigenvalue weighted by molar-refractivity contribution is -0.138. The molecule has 0 bridgehead atoms. The summed E-state index contributed by atoms with van der Waals surface area (Å²) >= 11 is 0. The molecule has 0 radical (unpaired) electrons. The summed E-state index contributed by atoms with van der Waals surface area (Å²) in [4.78, 5) is 26.6. The molecule has 1 aliphatic heterocycles. The minimum absolute atomic E-state index is 0.0889. The van der Waals surface area contributed by atoms with Crippen LogP contribution in [0.3, 0.4) is 0 Å². The number of benzene rings is 2. The van der Waals surface area contributed by atoms with Crippen molar-refractivity contribution in [2.75, 3.05) is 6.54 Å². The topological polar surface area (TPSA) is 62.5 Å². The molecule has 1 aromatic heterocycles. The number of imide groups is 1. The standard InChI is InChI=1S/C23H22N2O3/c1-14-8-9-16(12-15(14)2)20-21(26)23(28)25(22(20)27)11-10-17-13-24(3)19-7-5-4-6-18(17)19/h4-9,12-13,26H,10-11H2,1-3H3. The Morgan fingerprint density at radius 3 is 2.46 bits per heavy atom. The number of nitrogens with zero attached hydrogens (tertiary/aromatic N) is 2. The van der Waals surface area contributed by atoms with Crippen LogP contribution in [-0.2, 0) is 23.1 Å². The smallest absolute Gasteiger partial charge is 0.296 e. The Labute approximate surface area is 163 Å². The van der Waals surface area contributed by atoms with Crippen LogP contribution in [0.4, 0.5) is 0 Å². The average Bonchev–Trinajstić information content (AvgIpc) is 3.11. The molecule has 2 amide bonds. The van der Waals surface area contributed by atoms with E-state index in [1.54, 1.807) is 6.07 Å². The summed E-state index contributed by atoms with van der Waals surface area (Å²) in [7, 11) is 1.98. The summed E-state index contributed by atoms with van der Waals surface area (Å²) in [6.07, 6.45) is 2.56. The second-order valence-electron chi connectivity index (χ2n) is 7.32. The predicted molar refractivity (Wildman–Crippen MR) is 109 cm³/mol. The third kappa shape index (κ3) is 2.80. The van der Waals surface area contributed by atoms with Crippen LogP contribution in [0.15, 0.2) is 54.4 Å². The molecule has 0 saturated carbocycles. The summed E-state index contributed by atoms with van der Waals surface area (Å²) in [5, 5.41) is 11.5. The number of carbonyl (C=O) groups is 2. The first-order chi connectivity index (χ1) is 13.4. The van der Waals surface area contributed by atoms with E-state index >= 15 is 0 Å². The maximum atomic E-state index is 12.9. The molecule has 0 atom stereocenters. The van der Waals surface area contributed by atoms with Gasteiger partial charge in [-0.15, -0.1) is 0 Å².